The van der Waals surface area contributed by atoms with Gasteiger partial charge in [0.1, 0.15) is 13.2 Å². The maximum atomic E-state index is 12.9. The van der Waals surface area contributed by atoms with Crippen LogP contribution < -0.4 is 0 Å². The van der Waals surface area contributed by atoms with Crippen LogP contribution in [0.1, 0.15) is 335 Å². The molecule has 6 heteroatoms. The molecule has 0 aliphatic rings. The highest BCUT2D eigenvalue weighted by molar-refractivity contribution is 5.71. The first kappa shape index (κ1) is 65.9. The Morgan fingerprint density at radius 2 is 0.485 bits per heavy atom. The monoisotopic (exact) mass is 957 g/mol. The Morgan fingerprint density at radius 1 is 0.279 bits per heavy atom. The molecule has 0 heterocycles. The maximum Gasteiger partial charge on any atom is 0.306 e. The zero-order chi connectivity index (χ0) is 49.3. The van der Waals surface area contributed by atoms with Gasteiger partial charge in [-0.25, -0.2) is 0 Å². The van der Waals surface area contributed by atoms with Crippen LogP contribution in [0.3, 0.4) is 0 Å². The lowest BCUT2D eigenvalue weighted by molar-refractivity contribution is -0.167. The highest BCUT2D eigenvalue weighted by Crippen LogP contribution is 2.17. The van der Waals surface area contributed by atoms with Gasteiger partial charge in [-0.3, -0.25) is 14.4 Å². The summed E-state index contributed by atoms with van der Waals surface area (Å²) in [4.78, 5) is 38.2. The number of carbonyl (C=O) groups is 3. The van der Waals surface area contributed by atoms with E-state index in [2.05, 4.69) is 45.1 Å². The van der Waals surface area contributed by atoms with Crippen molar-refractivity contribution in [3.8, 4) is 0 Å². The highest BCUT2D eigenvalue weighted by atomic mass is 16.6. The van der Waals surface area contributed by atoms with Crippen LogP contribution in [0.5, 0.6) is 0 Å². The summed E-state index contributed by atoms with van der Waals surface area (Å²) in [5.41, 5.74) is 0. The first-order chi connectivity index (χ1) is 33.5. The summed E-state index contributed by atoms with van der Waals surface area (Å²) in [5, 5.41) is 0. The molecule has 0 bridgehead atoms. The van der Waals surface area contributed by atoms with Gasteiger partial charge in [0.25, 0.3) is 0 Å². The highest BCUT2D eigenvalue weighted by Gasteiger charge is 2.19. The van der Waals surface area contributed by atoms with Crippen LogP contribution in [0.15, 0.2) is 24.3 Å². The van der Waals surface area contributed by atoms with Crippen LogP contribution in [0.4, 0.5) is 0 Å². The Kier molecular flexibility index (Phi) is 55.7. The largest absolute Gasteiger partial charge is 0.462 e. The van der Waals surface area contributed by atoms with Crippen LogP contribution in [-0.4, -0.2) is 37.2 Å². The number of hydrogen-bond acceptors (Lipinski definition) is 6. The number of ether oxygens (including phenoxy) is 3. The molecule has 6 nitrogen and oxygen atoms in total. The molecule has 1 atom stereocenters. The van der Waals surface area contributed by atoms with Crippen molar-refractivity contribution in [2.24, 2.45) is 0 Å². The van der Waals surface area contributed by atoms with Gasteiger partial charge in [0.15, 0.2) is 6.10 Å². The predicted molar refractivity (Wildman–Crippen MR) is 293 cm³/mol. The second-order valence-electron chi connectivity index (χ2n) is 20.6. The van der Waals surface area contributed by atoms with E-state index < -0.39 is 6.10 Å². The smallest absolute Gasteiger partial charge is 0.306 e. The molecular formula is C62H116O6. The summed E-state index contributed by atoms with van der Waals surface area (Å²) in [6.07, 6.45) is 67.4. The quantitative estimate of drug-likeness (QED) is 0.0262. The van der Waals surface area contributed by atoms with Crippen molar-refractivity contribution in [3.05, 3.63) is 24.3 Å². The number of hydrogen-bond donors (Lipinski definition) is 0. The molecule has 0 saturated carbocycles. The molecule has 0 N–H and O–H groups in total. The van der Waals surface area contributed by atoms with Gasteiger partial charge in [0.2, 0.25) is 0 Å². The van der Waals surface area contributed by atoms with Crippen molar-refractivity contribution in [2.75, 3.05) is 13.2 Å². The first-order valence-corrected chi connectivity index (χ1v) is 30.3. The molecule has 0 amide bonds. The van der Waals surface area contributed by atoms with Gasteiger partial charge in [-0.15, -0.1) is 0 Å². The van der Waals surface area contributed by atoms with Crippen molar-refractivity contribution in [1.29, 1.82) is 0 Å². The van der Waals surface area contributed by atoms with E-state index in [0.717, 1.165) is 64.2 Å². The van der Waals surface area contributed by atoms with Gasteiger partial charge in [-0.05, 0) is 70.6 Å². The number of carbonyl (C=O) groups excluding carboxylic acids is 3. The molecule has 0 aromatic heterocycles. The molecule has 0 saturated heterocycles. The van der Waals surface area contributed by atoms with E-state index >= 15 is 0 Å². The Bertz CT molecular complexity index is 1100. The molecule has 0 aliphatic carbocycles. The fraction of sp³-hybridized carbons (Fsp3) is 0.887. The minimum Gasteiger partial charge on any atom is -0.462 e. The summed E-state index contributed by atoms with van der Waals surface area (Å²) >= 11 is 0. The molecular weight excluding hydrogens is 841 g/mol. The van der Waals surface area contributed by atoms with E-state index in [-0.39, 0.29) is 31.1 Å². The molecule has 0 radical (unpaired) electrons. The summed E-state index contributed by atoms with van der Waals surface area (Å²) in [6.45, 7) is 6.68. The van der Waals surface area contributed by atoms with Crippen LogP contribution in [-0.2, 0) is 28.6 Å². The molecule has 0 unspecified atom stereocenters. The Labute approximate surface area is 423 Å². The zero-order valence-electron chi connectivity index (χ0n) is 45.9. The number of rotatable bonds is 56. The zero-order valence-corrected chi connectivity index (χ0v) is 45.9. The molecule has 0 aliphatic heterocycles. The fourth-order valence-corrected chi connectivity index (χ4v) is 9.08. The second kappa shape index (κ2) is 57.5. The molecule has 400 valence electrons. The molecule has 0 aromatic carbocycles. The molecule has 68 heavy (non-hydrogen) atoms. The minimum atomic E-state index is -0.773. The van der Waals surface area contributed by atoms with Crippen LogP contribution in [0.2, 0.25) is 0 Å². The van der Waals surface area contributed by atoms with Gasteiger partial charge >= 0.3 is 17.9 Å². The molecule has 0 rings (SSSR count). The summed E-state index contributed by atoms with van der Waals surface area (Å²) < 4.78 is 16.9. The van der Waals surface area contributed by atoms with Crippen LogP contribution >= 0.6 is 0 Å². The molecule has 0 aromatic rings. The number of allylic oxidation sites excluding steroid dienone is 4. The van der Waals surface area contributed by atoms with Gasteiger partial charge < -0.3 is 14.2 Å². The van der Waals surface area contributed by atoms with E-state index in [4.69, 9.17) is 14.2 Å². The van der Waals surface area contributed by atoms with Crippen molar-refractivity contribution >= 4 is 17.9 Å². The van der Waals surface area contributed by atoms with Crippen LogP contribution in [0, 0.1) is 0 Å². The van der Waals surface area contributed by atoms with Crippen molar-refractivity contribution in [2.45, 2.75) is 341 Å². The fourth-order valence-electron chi connectivity index (χ4n) is 9.08. The summed E-state index contributed by atoms with van der Waals surface area (Å²) in [5.74, 6) is -0.861. The molecule has 0 spiro atoms. The third-order valence-corrected chi connectivity index (χ3v) is 13.7. The number of unbranched alkanes of at least 4 members (excludes halogenated alkanes) is 41. The average molecular weight is 958 g/mol. The normalized spacial score (nSPS) is 12.1. The van der Waals surface area contributed by atoms with Gasteiger partial charge in [0.05, 0.1) is 0 Å². The van der Waals surface area contributed by atoms with Crippen molar-refractivity contribution < 1.29 is 28.6 Å². The van der Waals surface area contributed by atoms with E-state index in [1.807, 2.05) is 0 Å². The standard InChI is InChI=1S/C62H116O6/c1-4-7-10-13-16-19-22-25-28-30-31-33-34-37-40-43-46-49-52-55-61(64)67-58-59(57-66-60(63)54-51-48-45-42-39-36-27-24-21-18-15-12-9-6-3)68-62(65)56-53-50-47-44-41-38-35-32-29-26-23-20-17-14-11-8-5-2/h24,27,30-31,59H,4-23,25-26,28-29,32-58H2,1-3H3/b27-24-,31-30-/t59-/m1/s1. The van der Waals surface area contributed by atoms with Crippen molar-refractivity contribution in [1.82, 2.24) is 0 Å². The lowest BCUT2D eigenvalue weighted by Crippen LogP contribution is -2.30. The second-order valence-corrected chi connectivity index (χ2v) is 20.6. The molecule has 0 fully saturated rings. The SMILES string of the molecule is CCCCCCC/C=C\CCCCCCCC(=O)OC[C@H](COC(=O)CCCCCCCCC/C=C\CCCCCCCCCC)OC(=O)CCCCCCCCCCCCCCCCCCC. The van der Waals surface area contributed by atoms with E-state index in [1.165, 1.54) is 231 Å². The topological polar surface area (TPSA) is 78.9 Å². The number of esters is 3. The predicted octanol–water partition coefficient (Wildman–Crippen LogP) is 20.3. The minimum absolute atomic E-state index is 0.0717. The summed E-state index contributed by atoms with van der Waals surface area (Å²) in [7, 11) is 0. The maximum absolute atomic E-state index is 12.9. The Hall–Kier alpha value is -2.11. The Balaban J connectivity index is 4.32. The Morgan fingerprint density at radius 3 is 0.735 bits per heavy atom. The van der Waals surface area contributed by atoms with Gasteiger partial charge in [-0.1, -0.05) is 270 Å². The summed E-state index contributed by atoms with van der Waals surface area (Å²) in [6, 6.07) is 0. The third kappa shape index (κ3) is 54.8. The third-order valence-electron chi connectivity index (χ3n) is 13.7. The van der Waals surface area contributed by atoms with Gasteiger partial charge in [0, 0.05) is 19.3 Å². The van der Waals surface area contributed by atoms with E-state index in [1.54, 1.807) is 0 Å². The lowest BCUT2D eigenvalue weighted by atomic mass is 10.0. The van der Waals surface area contributed by atoms with E-state index in [0.29, 0.717) is 19.3 Å². The lowest BCUT2D eigenvalue weighted by Gasteiger charge is -2.18. The van der Waals surface area contributed by atoms with E-state index in [9.17, 15) is 14.4 Å². The van der Waals surface area contributed by atoms with Gasteiger partial charge in [-0.2, -0.15) is 0 Å². The average Bonchev–Trinajstić information content (AvgIpc) is 3.34. The van der Waals surface area contributed by atoms with Crippen LogP contribution in [0.25, 0.3) is 0 Å². The first-order valence-electron chi connectivity index (χ1n) is 30.3. The van der Waals surface area contributed by atoms with Crippen molar-refractivity contribution in [3.63, 3.8) is 0 Å².